The lowest BCUT2D eigenvalue weighted by Crippen LogP contribution is -2.57. The van der Waals surface area contributed by atoms with Crippen molar-refractivity contribution in [2.24, 2.45) is 0 Å². The Hall–Kier alpha value is -2.28. The maximum atomic E-state index is 13.0. The van der Waals surface area contributed by atoms with Crippen molar-refractivity contribution in [3.63, 3.8) is 0 Å². The minimum absolute atomic E-state index is 0.258. The molecule has 38 heavy (non-hydrogen) atoms. The van der Waals surface area contributed by atoms with Gasteiger partial charge in [0.05, 0.1) is 29.8 Å². The first kappa shape index (κ1) is 28.7. The Bertz CT molecular complexity index is 1230. The van der Waals surface area contributed by atoms with Crippen LogP contribution in [0, 0.1) is 0 Å². The van der Waals surface area contributed by atoms with Crippen LogP contribution in [0.2, 0.25) is 15.1 Å². The molecule has 0 aromatic heterocycles. The Morgan fingerprint density at radius 2 is 1.63 bits per heavy atom. The average molecular weight is 577 g/mol. The molecule has 1 amide bonds. The summed E-state index contributed by atoms with van der Waals surface area (Å²) in [7, 11) is 0. The third-order valence-corrected chi connectivity index (χ3v) is 7.41. The normalized spacial score (nSPS) is 19.8. The van der Waals surface area contributed by atoms with Crippen LogP contribution in [0.25, 0.3) is 0 Å². The molecule has 1 heterocycles. The molecule has 3 aromatic rings. The summed E-state index contributed by atoms with van der Waals surface area (Å²) in [5, 5.41) is 1.56. The molecular formula is C30H32Cl3NO4. The molecule has 0 saturated carbocycles. The van der Waals surface area contributed by atoms with E-state index in [1.807, 2.05) is 81.4 Å². The highest BCUT2D eigenvalue weighted by molar-refractivity contribution is 6.42. The number of nitrogens with zero attached hydrogens (tertiary/aromatic N) is 1. The van der Waals surface area contributed by atoms with Gasteiger partial charge in [-0.2, -0.15) is 0 Å². The number of likely N-dealkylation sites (tertiary alicyclic amines) is 1. The quantitative estimate of drug-likeness (QED) is 0.284. The summed E-state index contributed by atoms with van der Waals surface area (Å²) < 4.78 is 19.0. The fourth-order valence-electron chi connectivity index (χ4n) is 4.50. The average Bonchev–Trinajstić information content (AvgIpc) is 2.88. The van der Waals surface area contributed by atoms with Crippen molar-refractivity contribution >= 4 is 40.9 Å². The minimum Gasteiger partial charge on any atom is -0.444 e. The molecule has 202 valence electrons. The Balaban J connectivity index is 1.68. The molecule has 2 atom stereocenters. The number of piperidine rings is 1. The Kier molecular flexibility index (Phi) is 9.27. The van der Waals surface area contributed by atoms with Gasteiger partial charge in [0.1, 0.15) is 17.3 Å². The number of ether oxygens (including phenoxy) is 3. The lowest BCUT2D eigenvalue weighted by atomic mass is 9.81. The highest BCUT2D eigenvalue weighted by atomic mass is 35.5. The van der Waals surface area contributed by atoms with E-state index < -0.39 is 17.3 Å². The van der Waals surface area contributed by atoms with Crippen molar-refractivity contribution in [3.8, 4) is 0 Å². The zero-order valence-corrected chi connectivity index (χ0v) is 24.0. The standard InChI is InChI=1S/C30H32Cl3NO4/c1-29(2,3)38-28(35)34-16-15-30(23-10-12-24(31)13-11-23,37-20-21-7-5-4-6-8-21)27(18-34)36-19-22-9-14-25(32)26(33)17-22/h4-14,17,27H,15-16,18-20H2,1-3H3. The smallest absolute Gasteiger partial charge is 0.410 e. The first-order chi connectivity index (χ1) is 18.1. The van der Waals surface area contributed by atoms with Crippen molar-refractivity contribution in [2.45, 2.75) is 57.7 Å². The fourth-order valence-corrected chi connectivity index (χ4v) is 4.95. The van der Waals surface area contributed by atoms with Crippen molar-refractivity contribution in [1.29, 1.82) is 0 Å². The number of carbonyl (C=O) groups is 1. The number of benzene rings is 3. The molecule has 0 aliphatic carbocycles. The lowest BCUT2D eigenvalue weighted by Gasteiger charge is -2.47. The van der Waals surface area contributed by atoms with Gasteiger partial charge in [-0.15, -0.1) is 0 Å². The van der Waals surface area contributed by atoms with Gasteiger partial charge >= 0.3 is 6.09 Å². The molecule has 3 aromatic carbocycles. The number of hydrogen-bond acceptors (Lipinski definition) is 4. The first-order valence-electron chi connectivity index (χ1n) is 12.5. The summed E-state index contributed by atoms with van der Waals surface area (Å²) in [6, 6.07) is 23.0. The van der Waals surface area contributed by atoms with E-state index in [1.54, 1.807) is 17.0 Å². The zero-order valence-electron chi connectivity index (χ0n) is 21.8. The van der Waals surface area contributed by atoms with E-state index in [1.165, 1.54) is 0 Å². The predicted molar refractivity (Wildman–Crippen MR) is 152 cm³/mol. The SMILES string of the molecule is CC(C)(C)OC(=O)N1CCC(OCc2ccccc2)(c2ccc(Cl)cc2)C(OCc2ccc(Cl)c(Cl)c2)C1. The molecule has 1 aliphatic rings. The third-order valence-electron chi connectivity index (χ3n) is 6.42. The molecular weight excluding hydrogens is 545 g/mol. The van der Waals surface area contributed by atoms with E-state index in [-0.39, 0.29) is 19.2 Å². The minimum atomic E-state index is -0.838. The van der Waals surface area contributed by atoms with Gasteiger partial charge in [0.15, 0.2) is 0 Å². The molecule has 0 bridgehead atoms. The first-order valence-corrected chi connectivity index (χ1v) is 13.7. The van der Waals surface area contributed by atoms with E-state index in [2.05, 4.69) is 0 Å². The van der Waals surface area contributed by atoms with Gasteiger partial charge in [0.2, 0.25) is 0 Å². The molecule has 2 unspecified atom stereocenters. The van der Waals surface area contributed by atoms with E-state index in [0.717, 1.165) is 16.7 Å². The fraction of sp³-hybridized carbons (Fsp3) is 0.367. The second-order valence-electron chi connectivity index (χ2n) is 10.4. The second kappa shape index (κ2) is 12.3. The molecule has 5 nitrogen and oxygen atoms in total. The van der Waals surface area contributed by atoms with Gasteiger partial charge in [-0.1, -0.05) is 83.3 Å². The van der Waals surface area contributed by atoms with Crippen molar-refractivity contribution in [3.05, 3.63) is 105 Å². The molecule has 0 spiro atoms. The molecule has 4 rings (SSSR count). The number of hydrogen-bond donors (Lipinski definition) is 0. The van der Waals surface area contributed by atoms with Gasteiger partial charge in [0, 0.05) is 18.0 Å². The van der Waals surface area contributed by atoms with Gasteiger partial charge in [-0.25, -0.2) is 4.79 Å². The molecule has 0 N–H and O–H groups in total. The maximum absolute atomic E-state index is 13.0. The van der Waals surface area contributed by atoms with Crippen LogP contribution in [0.5, 0.6) is 0 Å². The maximum Gasteiger partial charge on any atom is 0.410 e. The second-order valence-corrected chi connectivity index (χ2v) is 11.6. The van der Waals surface area contributed by atoms with Gasteiger partial charge in [-0.05, 0) is 61.7 Å². The monoisotopic (exact) mass is 575 g/mol. The molecule has 1 fully saturated rings. The number of rotatable bonds is 7. The van der Waals surface area contributed by atoms with Crippen LogP contribution >= 0.6 is 34.8 Å². The molecule has 0 radical (unpaired) electrons. The summed E-state index contributed by atoms with van der Waals surface area (Å²) in [5.41, 5.74) is 1.39. The summed E-state index contributed by atoms with van der Waals surface area (Å²) in [6.07, 6.45) is -0.385. The highest BCUT2D eigenvalue weighted by Gasteiger charge is 2.48. The van der Waals surface area contributed by atoms with Crippen molar-refractivity contribution in [2.75, 3.05) is 13.1 Å². The Morgan fingerprint density at radius 1 is 0.921 bits per heavy atom. The zero-order chi connectivity index (χ0) is 27.3. The Labute approximate surface area is 239 Å². The summed E-state index contributed by atoms with van der Waals surface area (Å²) >= 11 is 18.6. The van der Waals surface area contributed by atoms with Crippen LogP contribution in [0.4, 0.5) is 4.79 Å². The van der Waals surface area contributed by atoms with Crippen LogP contribution in [0.15, 0.2) is 72.8 Å². The van der Waals surface area contributed by atoms with Crippen LogP contribution in [-0.2, 0) is 33.0 Å². The molecule has 1 saturated heterocycles. The molecule has 1 aliphatic heterocycles. The summed E-state index contributed by atoms with van der Waals surface area (Å²) in [4.78, 5) is 14.7. The Morgan fingerprint density at radius 3 is 2.29 bits per heavy atom. The predicted octanol–water partition coefficient (Wildman–Crippen LogP) is 8.29. The van der Waals surface area contributed by atoms with E-state index in [9.17, 15) is 4.79 Å². The highest BCUT2D eigenvalue weighted by Crippen LogP contribution is 2.41. The lowest BCUT2D eigenvalue weighted by molar-refractivity contribution is -0.191. The van der Waals surface area contributed by atoms with Gasteiger partial charge in [0.25, 0.3) is 0 Å². The van der Waals surface area contributed by atoms with Crippen LogP contribution in [0.1, 0.15) is 43.9 Å². The number of carbonyl (C=O) groups excluding carboxylic acids is 1. The van der Waals surface area contributed by atoms with Crippen LogP contribution < -0.4 is 0 Å². The van der Waals surface area contributed by atoms with Gasteiger partial charge in [-0.3, -0.25) is 0 Å². The topological polar surface area (TPSA) is 48.0 Å². The van der Waals surface area contributed by atoms with Crippen molar-refractivity contribution < 1.29 is 19.0 Å². The van der Waals surface area contributed by atoms with Crippen LogP contribution in [0.3, 0.4) is 0 Å². The van der Waals surface area contributed by atoms with E-state index in [4.69, 9.17) is 49.0 Å². The van der Waals surface area contributed by atoms with Crippen molar-refractivity contribution in [1.82, 2.24) is 4.90 Å². The van der Waals surface area contributed by atoms with E-state index >= 15 is 0 Å². The number of amides is 1. The van der Waals surface area contributed by atoms with Gasteiger partial charge < -0.3 is 19.1 Å². The number of halogens is 3. The van der Waals surface area contributed by atoms with E-state index in [0.29, 0.717) is 34.6 Å². The molecule has 8 heteroatoms. The summed E-state index contributed by atoms with van der Waals surface area (Å²) in [6.45, 7) is 6.93. The largest absolute Gasteiger partial charge is 0.444 e. The summed E-state index contributed by atoms with van der Waals surface area (Å²) in [5.74, 6) is 0. The third kappa shape index (κ3) is 7.22. The van der Waals surface area contributed by atoms with Crippen LogP contribution in [-0.4, -0.2) is 35.8 Å².